The first-order valence-electron chi connectivity index (χ1n) is 7.39. The van der Waals surface area contributed by atoms with Crippen LogP contribution in [0, 0.1) is 11.3 Å². The van der Waals surface area contributed by atoms with Crippen molar-refractivity contribution in [1.29, 1.82) is 5.26 Å². The number of benzene rings is 1. The predicted molar refractivity (Wildman–Crippen MR) is 82.2 cm³/mol. The minimum absolute atomic E-state index is 0.336. The Kier molecular flexibility index (Phi) is 4.42. The highest BCUT2D eigenvalue weighted by Crippen LogP contribution is 2.23. The maximum Gasteiger partial charge on any atom is 0.124 e. The van der Waals surface area contributed by atoms with Gasteiger partial charge in [0.15, 0.2) is 0 Å². The number of aromatic nitrogens is 2. The maximum absolute atomic E-state index is 9.17. The normalized spacial score (nSPS) is 15.6. The van der Waals surface area contributed by atoms with Crippen LogP contribution in [0.4, 0.5) is 0 Å². The van der Waals surface area contributed by atoms with E-state index < -0.39 is 0 Å². The molecule has 1 saturated carbocycles. The Morgan fingerprint density at radius 2 is 2.19 bits per heavy atom. The summed E-state index contributed by atoms with van der Waals surface area (Å²) in [6.07, 6.45) is 5.31. The minimum atomic E-state index is 0.336. The van der Waals surface area contributed by atoms with Crippen molar-refractivity contribution >= 4 is 22.6 Å². The average molecular weight is 304 g/mol. The highest BCUT2D eigenvalue weighted by Gasteiger charge is 2.16. The number of ether oxygens (including phenoxy) is 1. The fourth-order valence-electron chi connectivity index (χ4n) is 3.00. The van der Waals surface area contributed by atoms with Crippen LogP contribution in [0.2, 0.25) is 0 Å². The van der Waals surface area contributed by atoms with Crippen LogP contribution in [0.15, 0.2) is 18.2 Å². The molecule has 0 bridgehead atoms. The Morgan fingerprint density at radius 3 is 2.90 bits per heavy atom. The van der Waals surface area contributed by atoms with Crippen LogP contribution in [-0.4, -0.2) is 22.3 Å². The van der Waals surface area contributed by atoms with Gasteiger partial charge in [0, 0.05) is 6.54 Å². The molecule has 0 amide bonds. The molecule has 0 N–H and O–H groups in total. The number of hydrogen-bond acceptors (Lipinski definition) is 3. The zero-order valence-corrected chi connectivity index (χ0v) is 12.6. The molecule has 0 aliphatic heterocycles. The van der Waals surface area contributed by atoms with E-state index in [1.807, 2.05) is 12.1 Å². The second kappa shape index (κ2) is 6.46. The molecule has 1 aromatic heterocycles. The van der Waals surface area contributed by atoms with Gasteiger partial charge in [-0.05, 0) is 25.0 Å². The van der Waals surface area contributed by atoms with Gasteiger partial charge in [0.1, 0.15) is 17.4 Å². The van der Waals surface area contributed by atoms with Gasteiger partial charge < -0.3 is 9.30 Å². The smallest absolute Gasteiger partial charge is 0.124 e. The number of nitriles is 1. The third-order valence-electron chi connectivity index (χ3n) is 4.07. The Labute approximate surface area is 129 Å². The highest BCUT2D eigenvalue weighted by atomic mass is 35.5. The lowest BCUT2D eigenvalue weighted by Crippen LogP contribution is -2.14. The standard InChI is InChI=1S/C16H18ClN3O/c17-10-15-19-16-12(11-18)4-3-7-14(16)20(15)8-9-21-13-5-1-2-6-13/h3-4,7,13H,1-2,5-6,8-10H2. The molecule has 1 aliphatic rings. The molecule has 1 heterocycles. The van der Waals surface area contributed by atoms with Crippen LogP contribution in [0.25, 0.3) is 11.0 Å². The lowest BCUT2D eigenvalue weighted by molar-refractivity contribution is 0.0532. The zero-order valence-electron chi connectivity index (χ0n) is 11.9. The van der Waals surface area contributed by atoms with E-state index in [4.69, 9.17) is 16.3 Å². The van der Waals surface area contributed by atoms with Crippen LogP contribution >= 0.6 is 11.6 Å². The van der Waals surface area contributed by atoms with Crippen molar-refractivity contribution in [2.45, 2.75) is 44.2 Å². The molecule has 0 saturated heterocycles. The number of imidazole rings is 1. The first kappa shape index (κ1) is 14.4. The summed E-state index contributed by atoms with van der Waals surface area (Å²) in [5, 5.41) is 9.17. The molecule has 4 nitrogen and oxygen atoms in total. The lowest BCUT2D eigenvalue weighted by atomic mass is 10.2. The molecule has 0 radical (unpaired) electrons. The van der Waals surface area contributed by atoms with Gasteiger partial charge in [-0.2, -0.15) is 5.26 Å². The van der Waals surface area contributed by atoms with Crippen molar-refractivity contribution in [3.63, 3.8) is 0 Å². The summed E-state index contributed by atoms with van der Waals surface area (Å²) < 4.78 is 7.99. The predicted octanol–water partition coefficient (Wildman–Crippen LogP) is 3.61. The van der Waals surface area contributed by atoms with E-state index in [1.165, 1.54) is 25.7 Å². The fourth-order valence-corrected chi connectivity index (χ4v) is 3.21. The van der Waals surface area contributed by atoms with Crippen molar-refractivity contribution in [3.8, 4) is 6.07 Å². The Hall–Kier alpha value is -1.57. The summed E-state index contributed by atoms with van der Waals surface area (Å²) in [6.45, 7) is 1.39. The van der Waals surface area contributed by atoms with Crippen LogP contribution in [0.3, 0.4) is 0 Å². The molecule has 0 spiro atoms. The lowest BCUT2D eigenvalue weighted by Gasteiger charge is -2.13. The molecule has 1 fully saturated rings. The molecular weight excluding hydrogens is 286 g/mol. The van der Waals surface area contributed by atoms with E-state index in [9.17, 15) is 5.26 Å². The van der Waals surface area contributed by atoms with Gasteiger partial charge in [0.2, 0.25) is 0 Å². The number of fused-ring (bicyclic) bond motifs is 1. The molecule has 110 valence electrons. The second-order valence-electron chi connectivity index (χ2n) is 5.38. The third kappa shape index (κ3) is 2.90. The van der Waals surface area contributed by atoms with E-state index in [-0.39, 0.29) is 0 Å². The number of hydrogen-bond donors (Lipinski definition) is 0. The van der Waals surface area contributed by atoms with Gasteiger partial charge in [-0.15, -0.1) is 11.6 Å². The zero-order chi connectivity index (χ0) is 14.7. The molecular formula is C16H18ClN3O. The van der Waals surface area contributed by atoms with E-state index in [0.717, 1.165) is 23.4 Å². The number of rotatable bonds is 5. The van der Waals surface area contributed by atoms with Crippen LogP contribution < -0.4 is 0 Å². The van der Waals surface area contributed by atoms with Gasteiger partial charge >= 0.3 is 0 Å². The molecule has 5 heteroatoms. The molecule has 2 aromatic rings. The SMILES string of the molecule is N#Cc1cccc2c1nc(CCl)n2CCOC1CCCC1. The number of nitrogens with zero attached hydrogens (tertiary/aromatic N) is 3. The maximum atomic E-state index is 9.17. The molecule has 1 aliphatic carbocycles. The fraction of sp³-hybridized carbons (Fsp3) is 0.500. The van der Waals surface area contributed by atoms with Crippen LogP contribution in [-0.2, 0) is 17.2 Å². The highest BCUT2D eigenvalue weighted by molar-refractivity contribution is 6.16. The van der Waals surface area contributed by atoms with E-state index >= 15 is 0 Å². The summed E-state index contributed by atoms with van der Waals surface area (Å²) in [4.78, 5) is 4.51. The minimum Gasteiger partial charge on any atom is -0.376 e. The van der Waals surface area contributed by atoms with Crippen molar-refractivity contribution in [2.75, 3.05) is 6.61 Å². The monoisotopic (exact) mass is 303 g/mol. The van der Waals surface area contributed by atoms with Crippen LogP contribution in [0.1, 0.15) is 37.1 Å². The van der Waals surface area contributed by atoms with Crippen molar-refractivity contribution in [1.82, 2.24) is 9.55 Å². The summed E-state index contributed by atoms with van der Waals surface area (Å²) in [6, 6.07) is 7.83. The van der Waals surface area contributed by atoms with Crippen LogP contribution in [0.5, 0.6) is 0 Å². The number of halogens is 1. The van der Waals surface area contributed by atoms with Gasteiger partial charge in [-0.3, -0.25) is 0 Å². The topological polar surface area (TPSA) is 50.8 Å². The second-order valence-corrected chi connectivity index (χ2v) is 5.64. The summed E-state index contributed by atoms with van der Waals surface area (Å²) in [5.41, 5.74) is 2.28. The van der Waals surface area contributed by atoms with Crippen molar-refractivity contribution in [2.24, 2.45) is 0 Å². The van der Waals surface area contributed by atoms with Gasteiger partial charge in [0.25, 0.3) is 0 Å². The van der Waals surface area contributed by atoms with Gasteiger partial charge in [-0.25, -0.2) is 4.98 Å². The quantitative estimate of drug-likeness (QED) is 0.793. The first-order chi connectivity index (χ1) is 10.3. The van der Waals surface area contributed by atoms with E-state index in [0.29, 0.717) is 24.2 Å². The Bertz CT molecular complexity index is 668. The molecule has 21 heavy (non-hydrogen) atoms. The largest absolute Gasteiger partial charge is 0.376 e. The summed E-state index contributed by atoms with van der Waals surface area (Å²) in [7, 11) is 0. The molecule has 1 aromatic carbocycles. The number of alkyl halides is 1. The van der Waals surface area contributed by atoms with E-state index in [2.05, 4.69) is 15.6 Å². The van der Waals surface area contributed by atoms with Crippen molar-refractivity contribution in [3.05, 3.63) is 29.6 Å². The summed E-state index contributed by atoms with van der Waals surface area (Å²) >= 11 is 6.00. The molecule has 3 rings (SSSR count). The average Bonchev–Trinajstić information content (AvgIpc) is 3.14. The number of para-hydroxylation sites is 1. The van der Waals surface area contributed by atoms with E-state index in [1.54, 1.807) is 6.07 Å². The first-order valence-corrected chi connectivity index (χ1v) is 7.92. The third-order valence-corrected chi connectivity index (χ3v) is 4.31. The van der Waals surface area contributed by atoms with Gasteiger partial charge in [0.05, 0.1) is 29.7 Å². The molecule has 0 unspecified atom stereocenters. The summed E-state index contributed by atoms with van der Waals surface area (Å²) in [5.74, 6) is 1.13. The Morgan fingerprint density at radius 1 is 1.38 bits per heavy atom. The van der Waals surface area contributed by atoms with Crippen molar-refractivity contribution < 1.29 is 4.74 Å². The van der Waals surface area contributed by atoms with Gasteiger partial charge in [-0.1, -0.05) is 18.9 Å². The Balaban J connectivity index is 1.81. The molecule has 0 atom stereocenters.